The molecule has 0 saturated heterocycles. The summed E-state index contributed by atoms with van der Waals surface area (Å²) >= 11 is 0. The second-order valence-corrected chi connectivity index (χ2v) is 3.00. The third-order valence-electron chi connectivity index (χ3n) is 1.91. The normalized spacial score (nSPS) is 9.43. The molecule has 0 fully saturated rings. The molecule has 0 saturated carbocycles. The van der Waals surface area contributed by atoms with E-state index in [1.54, 1.807) is 12.1 Å². The first-order chi connectivity index (χ1) is 6.77. The molecule has 14 heavy (non-hydrogen) atoms. The second kappa shape index (κ2) is 5.12. The third kappa shape index (κ3) is 2.66. The summed E-state index contributed by atoms with van der Waals surface area (Å²) in [6.07, 6.45) is 3.69. The van der Waals surface area contributed by atoms with Crippen molar-refractivity contribution in [3.63, 3.8) is 0 Å². The highest BCUT2D eigenvalue weighted by Crippen LogP contribution is 2.18. The molecule has 2 nitrogen and oxygen atoms in total. The van der Waals surface area contributed by atoms with Gasteiger partial charge >= 0.3 is 0 Å². The lowest BCUT2D eigenvalue weighted by molar-refractivity contribution is 0.475. The zero-order chi connectivity index (χ0) is 10.4. The zero-order valence-corrected chi connectivity index (χ0v) is 8.19. The molecule has 1 N–H and O–H groups in total. The van der Waals surface area contributed by atoms with Gasteiger partial charge in [0.05, 0.1) is 0 Å². The summed E-state index contributed by atoms with van der Waals surface area (Å²) in [5, 5.41) is 9.14. The van der Waals surface area contributed by atoms with Crippen molar-refractivity contribution >= 4 is 5.69 Å². The van der Waals surface area contributed by atoms with Crippen LogP contribution in [0.4, 0.5) is 5.69 Å². The summed E-state index contributed by atoms with van der Waals surface area (Å²) in [6, 6.07) is 7.10. The van der Waals surface area contributed by atoms with Gasteiger partial charge < -0.3 is 10.0 Å². The summed E-state index contributed by atoms with van der Waals surface area (Å²) in [7, 11) is 0. The molecule has 2 heteroatoms. The van der Waals surface area contributed by atoms with Gasteiger partial charge in [-0.25, -0.2) is 0 Å². The molecular weight excluding hydrogens is 174 g/mol. The third-order valence-corrected chi connectivity index (χ3v) is 1.91. The van der Waals surface area contributed by atoms with Crippen molar-refractivity contribution in [3.8, 4) is 5.75 Å². The molecular formula is C12H15NO. The van der Waals surface area contributed by atoms with Gasteiger partial charge in [0, 0.05) is 18.8 Å². The summed E-state index contributed by atoms with van der Waals surface area (Å²) in [5.41, 5.74) is 1.06. The van der Waals surface area contributed by atoms with Crippen molar-refractivity contribution in [2.75, 3.05) is 18.0 Å². The molecule has 0 heterocycles. The van der Waals surface area contributed by atoms with Crippen LogP contribution in [0.5, 0.6) is 5.75 Å². The first-order valence-electron chi connectivity index (χ1n) is 4.53. The lowest BCUT2D eigenvalue weighted by atomic mass is 10.2. The SMILES string of the molecule is C=CCN(CC=C)c1ccc(O)cc1. The van der Waals surface area contributed by atoms with Crippen LogP contribution in [-0.2, 0) is 0 Å². The van der Waals surface area contributed by atoms with Crippen LogP contribution >= 0.6 is 0 Å². The van der Waals surface area contributed by atoms with Crippen LogP contribution in [-0.4, -0.2) is 18.2 Å². The van der Waals surface area contributed by atoms with Crippen molar-refractivity contribution in [1.29, 1.82) is 0 Å². The van der Waals surface area contributed by atoms with Gasteiger partial charge in [-0.15, -0.1) is 13.2 Å². The number of hydrogen-bond acceptors (Lipinski definition) is 2. The van der Waals surface area contributed by atoms with E-state index < -0.39 is 0 Å². The molecule has 0 aliphatic heterocycles. The van der Waals surface area contributed by atoms with Gasteiger partial charge in [-0.2, -0.15) is 0 Å². The lowest BCUT2D eigenvalue weighted by Crippen LogP contribution is -2.22. The van der Waals surface area contributed by atoms with Gasteiger partial charge in [0.2, 0.25) is 0 Å². The monoisotopic (exact) mass is 189 g/mol. The van der Waals surface area contributed by atoms with Gasteiger partial charge in [-0.1, -0.05) is 12.2 Å². The Morgan fingerprint density at radius 1 is 1.07 bits per heavy atom. The highest BCUT2D eigenvalue weighted by atomic mass is 16.3. The minimum atomic E-state index is 0.283. The quantitative estimate of drug-likeness (QED) is 0.719. The Morgan fingerprint density at radius 2 is 1.57 bits per heavy atom. The average molecular weight is 189 g/mol. The van der Waals surface area contributed by atoms with Crippen LogP contribution < -0.4 is 4.90 Å². The molecule has 1 aromatic rings. The van der Waals surface area contributed by atoms with Gasteiger partial charge in [0.1, 0.15) is 5.75 Å². The first kappa shape index (κ1) is 10.4. The topological polar surface area (TPSA) is 23.5 Å². The number of phenolic OH excluding ortho intramolecular Hbond substituents is 1. The Bertz CT molecular complexity index is 293. The van der Waals surface area contributed by atoms with Crippen molar-refractivity contribution in [2.24, 2.45) is 0 Å². The van der Waals surface area contributed by atoms with Crippen LogP contribution in [0.1, 0.15) is 0 Å². The molecule has 74 valence electrons. The molecule has 1 rings (SSSR count). The number of phenols is 1. The maximum atomic E-state index is 9.14. The van der Waals surface area contributed by atoms with Crippen LogP contribution in [0, 0.1) is 0 Å². The van der Waals surface area contributed by atoms with Gasteiger partial charge in [0.15, 0.2) is 0 Å². The fraction of sp³-hybridized carbons (Fsp3) is 0.167. The Labute approximate surface area is 84.8 Å². The first-order valence-corrected chi connectivity index (χ1v) is 4.53. The van der Waals surface area contributed by atoms with Gasteiger partial charge in [-0.3, -0.25) is 0 Å². The molecule has 0 aliphatic carbocycles. The van der Waals surface area contributed by atoms with E-state index in [1.165, 1.54) is 0 Å². The van der Waals surface area contributed by atoms with Crippen LogP contribution in [0.2, 0.25) is 0 Å². The number of hydrogen-bond donors (Lipinski definition) is 1. The molecule has 0 spiro atoms. The Hall–Kier alpha value is -1.70. The molecule has 1 aromatic carbocycles. The lowest BCUT2D eigenvalue weighted by Gasteiger charge is -2.21. The minimum Gasteiger partial charge on any atom is -0.508 e. The standard InChI is InChI=1S/C12H15NO/c1-3-9-13(10-4-2)11-5-7-12(14)8-6-11/h3-8,14H,1-2,9-10H2. The van der Waals surface area contributed by atoms with E-state index in [0.717, 1.165) is 18.8 Å². The maximum absolute atomic E-state index is 9.14. The van der Waals surface area contributed by atoms with Crippen molar-refractivity contribution in [2.45, 2.75) is 0 Å². The van der Waals surface area contributed by atoms with E-state index in [0.29, 0.717) is 0 Å². The molecule has 0 radical (unpaired) electrons. The minimum absolute atomic E-state index is 0.283. The fourth-order valence-electron chi connectivity index (χ4n) is 1.26. The maximum Gasteiger partial charge on any atom is 0.115 e. The van der Waals surface area contributed by atoms with Gasteiger partial charge in [0.25, 0.3) is 0 Å². The summed E-state index contributed by atoms with van der Waals surface area (Å²) < 4.78 is 0. The molecule has 0 bridgehead atoms. The largest absolute Gasteiger partial charge is 0.508 e. The van der Waals surface area contributed by atoms with Crippen molar-refractivity contribution in [3.05, 3.63) is 49.6 Å². The molecule has 0 unspecified atom stereocenters. The van der Waals surface area contributed by atoms with Crippen molar-refractivity contribution < 1.29 is 5.11 Å². The smallest absolute Gasteiger partial charge is 0.115 e. The number of benzene rings is 1. The Balaban J connectivity index is 2.80. The molecule has 0 aromatic heterocycles. The van der Waals surface area contributed by atoms with E-state index in [2.05, 4.69) is 18.1 Å². The van der Waals surface area contributed by atoms with E-state index in [-0.39, 0.29) is 5.75 Å². The zero-order valence-electron chi connectivity index (χ0n) is 8.19. The summed E-state index contributed by atoms with van der Waals surface area (Å²) in [6.45, 7) is 8.95. The van der Waals surface area contributed by atoms with Crippen LogP contribution in [0.15, 0.2) is 49.6 Å². The van der Waals surface area contributed by atoms with Crippen LogP contribution in [0.3, 0.4) is 0 Å². The highest BCUT2D eigenvalue weighted by molar-refractivity contribution is 5.49. The van der Waals surface area contributed by atoms with E-state index >= 15 is 0 Å². The molecule has 0 amide bonds. The van der Waals surface area contributed by atoms with E-state index in [4.69, 9.17) is 5.11 Å². The second-order valence-electron chi connectivity index (χ2n) is 3.00. The number of rotatable bonds is 5. The fourth-order valence-corrected chi connectivity index (χ4v) is 1.26. The predicted molar refractivity (Wildman–Crippen MR) is 60.7 cm³/mol. The van der Waals surface area contributed by atoms with Crippen LogP contribution in [0.25, 0.3) is 0 Å². The summed E-state index contributed by atoms with van der Waals surface area (Å²) in [4.78, 5) is 2.11. The van der Waals surface area contributed by atoms with Crippen molar-refractivity contribution in [1.82, 2.24) is 0 Å². The predicted octanol–water partition coefficient (Wildman–Crippen LogP) is 2.57. The highest BCUT2D eigenvalue weighted by Gasteiger charge is 2.01. The molecule has 0 aliphatic rings. The number of anilines is 1. The van der Waals surface area contributed by atoms with E-state index in [1.807, 2.05) is 24.3 Å². The van der Waals surface area contributed by atoms with Gasteiger partial charge in [-0.05, 0) is 24.3 Å². The Kier molecular flexibility index (Phi) is 3.80. The van der Waals surface area contributed by atoms with E-state index in [9.17, 15) is 0 Å². The average Bonchev–Trinajstić information content (AvgIpc) is 2.19. The summed E-state index contributed by atoms with van der Waals surface area (Å²) in [5.74, 6) is 0.283. The number of nitrogens with zero attached hydrogens (tertiary/aromatic N) is 1. The molecule has 0 atom stereocenters. The Morgan fingerprint density at radius 3 is 2.00 bits per heavy atom. The number of aromatic hydroxyl groups is 1.